The Hall–Kier alpha value is -2.08. The molecule has 2 N–H and O–H groups in total. The number of aliphatic hydroxyl groups excluding tert-OH is 1. The molecule has 0 amide bonds. The minimum absolute atomic E-state index is 0.629. The summed E-state index contributed by atoms with van der Waals surface area (Å²) < 4.78 is 280. The number of hydrogen-bond acceptors (Lipinski definition) is 2. The van der Waals surface area contributed by atoms with E-state index in [0.29, 0.717) is 0 Å². The van der Waals surface area contributed by atoms with Gasteiger partial charge in [0, 0.05) is 6.42 Å². The highest BCUT2D eigenvalue weighted by molar-refractivity contribution is 5.66. The summed E-state index contributed by atoms with van der Waals surface area (Å²) in [4.78, 5) is 10.5. The van der Waals surface area contributed by atoms with Crippen molar-refractivity contribution in [3.05, 3.63) is 0 Å². The Morgan fingerprint density at radius 1 is 0.558 bits per heavy atom. The molecule has 0 aromatic heterocycles. The number of quaternary nitrogens is 1. The van der Waals surface area contributed by atoms with Crippen molar-refractivity contribution in [1.82, 2.24) is 0 Å². The summed E-state index contributed by atoms with van der Waals surface area (Å²) in [7, 11) is 1.76. The molecule has 25 heteroatoms. The van der Waals surface area contributed by atoms with E-state index in [4.69, 9.17) is 5.11 Å². The number of nitrogens with zero attached hydrogens (tertiary/aromatic N) is 1. The first kappa shape index (κ1) is 40.9. The van der Waals surface area contributed by atoms with E-state index in [2.05, 4.69) is 0 Å². The fourth-order valence-electron chi connectivity index (χ4n) is 3.14. The molecule has 0 aliphatic rings. The molecule has 0 bridgehead atoms. The third-order valence-electron chi connectivity index (χ3n) is 5.70. The molecule has 0 aromatic rings. The van der Waals surface area contributed by atoms with E-state index in [0.717, 1.165) is 14.1 Å². The van der Waals surface area contributed by atoms with Gasteiger partial charge in [-0.3, -0.25) is 4.79 Å². The van der Waals surface area contributed by atoms with Crippen molar-refractivity contribution < 1.29 is 112 Å². The molecule has 0 heterocycles. The maximum absolute atomic E-state index is 14.0. The van der Waals surface area contributed by atoms with Gasteiger partial charge in [0.25, 0.3) is 0 Å². The summed E-state index contributed by atoms with van der Waals surface area (Å²) in [6.45, 7) is -1.94. The molecule has 258 valence electrons. The summed E-state index contributed by atoms with van der Waals surface area (Å²) in [5.74, 6) is -79.5. The smallest absolute Gasteiger partial charge is 0.460 e. The van der Waals surface area contributed by atoms with Crippen molar-refractivity contribution in [2.45, 2.75) is 78.4 Å². The fourth-order valence-corrected chi connectivity index (χ4v) is 3.14. The van der Waals surface area contributed by atoms with Crippen molar-refractivity contribution in [1.29, 1.82) is 0 Å². The lowest BCUT2D eigenvalue weighted by Gasteiger charge is -2.44. The molecule has 0 fully saturated rings. The molecule has 0 aromatic carbocycles. The Balaban J connectivity index is 6.74. The van der Waals surface area contributed by atoms with E-state index in [1.165, 1.54) is 0 Å². The molecule has 1 unspecified atom stereocenters. The lowest BCUT2D eigenvalue weighted by molar-refractivity contribution is -0.893. The fraction of sp³-hybridized carbons (Fsp3) is 0.944. The number of hydrogen-bond donors (Lipinski definition) is 2. The van der Waals surface area contributed by atoms with Gasteiger partial charge >= 0.3 is 65.4 Å². The van der Waals surface area contributed by atoms with E-state index >= 15 is 0 Å². The second-order valence-electron chi connectivity index (χ2n) is 9.64. The third-order valence-corrected chi connectivity index (χ3v) is 5.70. The number of rotatable bonds is 15. The molecule has 0 saturated carbocycles. The Morgan fingerprint density at radius 2 is 0.837 bits per heavy atom. The molecule has 0 aliphatic heterocycles. The maximum atomic E-state index is 14.0. The van der Waals surface area contributed by atoms with Crippen molar-refractivity contribution >= 4 is 5.97 Å². The summed E-state index contributed by atoms with van der Waals surface area (Å²) in [6, 6.07) is 0. The molecule has 0 aliphatic carbocycles. The number of halogens is 21. The van der Waals surface area contributed by atoms with Gasteiger partial charge in [0.2, 0.25) is 0 Å². The van der Waals surface area contributed by atoms with Gasteiger partial charge in [0.1, 0.15) is 12.6 Å². The summed E-state index contributed by atoms with van der Waals surface area (Å²) in [5.41, 5.74) is 0. The van der Waals surface area contributed by atoms with E-state index in [9.17, 15) is 102 Å². The predicted molar refractivity (Wildman–Crippen MR) is 95.3 cm³/mol. The lowest BCUT2D eigenvalue weighted by atomic mass is 9.85. The van der Waals surface area contributed by atoms with Crippen LogP contribution >= 0.6 is 0 Å². The van der Waals surface area contributed by atoms with Gasteiger partial charge in [0.15, 0.2) is 0 Å². The summed E-state index contributed by atoms with van der Waals surface area (Å²) >= 11 is 0. The quantitative estimate of drug-likeness (QED) is 0.151. The Morgan fingerprint density at radius 3 is 1.12 bits per heavy atom. The number of alkyl halides is 21. The highest BCUT2D eigenvalue weighted by atomic mass is 19.4. The molecule has 0 radical (unpaired) electrons. The Bertz CT molecular complexity index is 1000. The second-order valence-corrected chi connectivity index (χ2v) is 9.64. The normalized spacial score (nSPS) is 16.8. The summed E-state index contributed by atoms with van der Waals surface area (Å²) in [6.07, 6.45) is -15.1. The van der Waals surface area contributed by atoms with Crippen LogP contribution in [0, 0.1) is 0 Å². The van der Waals surface area contributed by atoms with Crippen molar-refractivity contribution in [3.8, 4) is 0 Å². The zero-order valence-electron chi connectivity index (χ0n) is 20.6. The lowest BCUT2D eigenvalue weighted by Crippen LogP contribution is -2.76. The number of likely N-dealkylation sites (N-methyl/N-ethyl adjacent to an activating group) is 1. The maximum Gasteiger partial charge on any atom is 0.460 e. The topological polar surface area (TPSA) is 57.5 Å². The number of carbonyl (C=O) groups is 1. The molecule has 0 spiro atoms. The van der Waals surface area contributed by atoms with Gasteiger partial charge in [-0.2, -0.15) is 92.2 Å². The minimum atomic E-state index is -9.25. The first-order valence-corrected chi connectivity index (χ1v) is 10.5. The number of carboxylic acids is 1. The van der Waals surface area contributed by atoms with E-state index in [-0.39, 0.29) is 0 Å². The number of carboxylic acid groups (broad SMARTS) is 1. The van der Waals surface area contributed by atoms with E-state index in [1.807, 2.05) is 0 Å². The molecule has 0 rings (SSSR count). The van der Waals surface area contributed by atoms with Gasteiger partial charge in [0.05, 0.1) is 27.1 Å². The van der Waals surface area contributed by atoms with Crippen LogP contribution in [0.5, 0.6) is 0 Å². The Kier molecular flexibility index (Phi) is 10.5. The van der Waals surface area contributed by atoms with Gasteiger partial charge in [-0.05, 0) is 0 Å². The van der Waals surface area contributed by atoms with Gasteiger partial charge in [-0.1, -0.05) is 0 Å². The zero-order valence-corrected chi connectivity index (χ0v) is 20.6. The van der Waals surface area contributed by atoms with Crippen LogP contribution in [0.3, 0.4) is 0 Å². The van der Waals surface area contributed by atoms with E-state index < -0.39 is 102 Å². The molecular formula is C18H17F21NO3+. The zero-order chi connectivity index (χ0) is 35.5. The monoisotopic (exact) mass is 694 g/mol. The van der Waals surface area contributed by atoms with E-state index in [1.54, 1.807) is 0 Å². The van der Waals surface area contributed by atoms with Gasteiger partial charge in [-0.15, -0.1) is 0 Å². The number of aliphatic hydroxyl groups is 1. The summed E-state index contributed by atoms with van der Waals surface area (Å²) in [5, 5.41) is 18.0. The standard InChI is InChI=1S/C18H16F21NO3/c1-40(2,4-3-8(42)43)6-7(41)5-9(19,20)10(21,22)11(23,24)12(25,26)13(27,28)14(29,30)15(31,32)16(33,34)17(35,36)18(37,38)39/h7,41H,3-6H2,1-2H3/p+1. The van der Waals surface area contributed by atoms with Gasteiger partial charge in [-0.25, -0.2) is 0 Å². The average Bonchev–Trinajstić information content (AvgIpc) is 2.75. The molecule has 1 atom stereocenters. The minimum Gasteiger partial charge on any atom is -0.481 e. The van der Waals surface area contributed by atoms with Crippen LogP contribution in [-0.4, -0.2) is 113 Å². The highest BCUT2D eigenvalue weighted by Crippen LogP contribution is 2.66. The van der Waals surface area contributed by atoms with Crippen LogP contribution in [0.15, 0.2) is 0 Å². The first-order valence-electron chi connectivity index (χ1n) is 10.5. The SMILES string of the molecule is C[N+](C)(CCC(=O)O)CC(O)CC(F)(F)C(F)(F)C(F)(F)C(F)(F)C(F)(F)C(F)(F)C(F)(F)C(F)(F)C(F)(F)C(F)(F)F. The van der Waals surface area contributed by atoms with Crippen LogP contribution in [0.4, 0.5) is 92.2 Å². The Labute approximate surface area is 224 Å². The van der Waals surface area contributed by atoms with Crippen LogP contribution in [0.2, 0.25) is 0 Å². The molecular weight excluding hydrogens is 677 g/mol. The van der Waals surface area contributed by atoms with Crippen LogP contribution < -0.4 is 0 Å². The van der Waals surface area contributed by atoms with Crippen molar-refractivity contribution in [2.24, 2.45) is 0 Å². The molecule has 43 heavy (non-hydrogen) atoms. The van der Waals surface area contributed by atoms with Gasteiger partial charge < -0.3 is 14.7 Å². The first-order chi connectivity index (χ1) is 18.3. The second kappa shape index (κ2) is 11.1. The predicted octanol–water partition coefficient (Wildman–Crippen LogP) is 6.57. The largest absolute Gasteiger partial charge is 0.481 e. The van der Waals surface area contributed by atoms with Crippen molar-refractivity contribution in [2.75, 3.05) is 27.2 Å². The van der Waals surface area contributed by atoms with Crippen molar-refractivity contribution in [3.63, 3.8) is 0 Å². The number of aliphatic carboxylic acids is 1. The molecule has 0 saturated heterocycles. The van der Waals surface area contributed by atoms with Crippen LogP contribution in [-0.2, 0) is 4.79 Å². The third kappa shape index (κ3) is 6.37. The molecule has 4 nitrogen and oxygen atoms in total. The van der Waals surface area contributed by atoms with Crippen LogP contribution in [0.1, 0.15) is 12.8 Å². The van der Waals surface area contributed by atoms with Crippen LogP contribution in [0.25, 0.3) is 0 Å². The average molecular weight is 694 g/mol. The highest BCUT2D eigenvalue weighted by Gasteiger charge is 2.97.